The number of hydrogen-bond acceptors (Lipinski definition) is 2. The molecule has 1 amide bonds. The van der Waals surface area contributed by atoms with Crippen LogP contribution in [0.4, 0.5) is 0 Å². The quantitative estimate of drug-likeness (QED) is 0.878. The van der Waals surface area contributed by atoms with Crippen molar-refractivity contribution in [1.29, 1.82) is 0 Å². The smallest absolute Gasteiger partial charge is 0.224 e. The first-order chi connectivity index (χ1) is 9.65. The van der Waals surface area contributed by atoms with Crippen LogP contribution in [-0.2, 0) is 11.3 Å². The molecule has 0 saturated heterocycles. The Morgan fingerprint density at radius 3 is 2.75 bits per heavy atom. The Bertz CT molecular complexity index is 620. The van der Waals surface area contributed by atoms with Crippen molar-refractivity contribution >= 4 is 33.2 Å². The fourth-order valence-corrected chi connectivity index (χ4v) is 3.56. The van der Waals surface area contributed by atoms with E-state index in [1.54, 1.807) is 11.3 Å². The van der Waals surface area contributed by atoms with E-state index in [2.05, 4.69) is 51.7 Å². The summed E-state index contributed by atoms with van der Waals surface area (Å²) in [6.45, 7) is 2.74. The normalized spacial score (nSPS) is 20.7. The number of hydrogen-bond donors (Lipinski definition) is 1. The number of thiophene rings is 1. The standard InChI is InChI=1S/C16H16BrNOS/c1-10-6-7-20-15(10)9-18-16(19)14-8-13(14)11-2-4-12(17)5-3-11/h2-7,13-14H,8-9H2,1H3,(H,18,19). The molecule has 0 spiro atoms. The molecular formula is C16H16BrNOS. The summed E-state index contributed by atoms with van der Waals surface area (Å²) in [6.07, 6.45) is 0.969. The Morgan fingerprint density at radius 2 is 2.10 bits per heavy atom. The summed E-state index contributed by atoms with van der Waals surface area (Å²) in [4.78, 5) is 13.4. The Hall–Kier alpha value is -1.13. The van der Waals surface area contributed by atoms with E-state index in [1.807, 2.05) is 12.1 Å². The highest BCUT2D eigenvalue weighted by Crippen LogP contribution is 2.47. The second-order valence-electron chi connectivity index (χ2n) is 5.24. The van der Waals surface area contributed by atoms with Gasteiger partial charge in [-0.05, 0) is 54.0 Å². The molecule has 1 aliphatic carbocycles. The monoisotopic (exact) mass is 349 g/mol. The van der Waals surface area contributed by atoms with E-state index >= 15 is 0 Å². The van der Waals surface area contributed by atoms with Gasteiger partial charge >= 0.3 is 0 Å². The molecule has 0 radical (unpaired) electrons. The second-order valence-corrected chi connectivity index (χ2v) is 7.16. The van der Waals surface area contributed by atoms with Gasteiger partial charge in [0.05, 0.1) is 6.54 Å². The van der Waals surface area contributed by atoms with Crippen LogP contribution in [0.25, 0.3) is 0 Å². The molecule has 2 unspecified atom stereocenters. The van der Waals surface area contributed by atoms with Crippen LogP contribution in [0.5, 0.6) is 0 Å². The topological polar surface area (TPSA) is 29.1 Å². The molecule has 2 aromatic rings. The first-order valence-corrected chi connectivity index (χ1v) is 8.38. The fraction of sp³-hybridized carbons (Fsp3) is 0.312. The van der Waals surface area contributed by atoms with Crippen molar-refractivity contribution in [3.05, 3.63) is 56.2 Å². The molecule has 0 bridgehead atoms. The van der Waals surface area contributed by atoms with E-state index in [0.717, 1.165) is 10.9 Å². The van der Waals surface area contributed by atoms with Gasteiger partial charge in [-0.15, -0.1) is 11.3 Å². The summed E-state index contributed by atoms with van der Waals surface area (Å²) >= 11 is 5.14. The zero-order valence-electron chi connectivity index (χ0n) is 11.2. The number of benzene rings is 1. The number of carbonyl (C=O) groups is 1. The van der Waals surface area contributed by atoms with Crippen molar-refractivity contribution in [2.45, 2.75) is 25.8 Å². The highest BCUT2D eigenvalue weighted by Gasteiger charge is 2.43. The van der Waals surface area contributed by atoms with Crippen molar-refractivity contribution < 1.29 is 4.79 Å². The Kier molecular flexibility index (Phi) is 3.94. The minimum absolute atomic E-state index is 0.149. The number of rotatable bonds is 4. The van der Waals surface area contributed by atoms with Gasteiger partial charge < -0.3 is 5.32 Å². The predicted octanol–water partition coefficient (Wildman–Crippen LogP) is 4.24. The van der Waals surface area contributed by atoms with E-state index in [4.69, 9.17) is 0 Å². The third-order valence-corrected chi connectivity index (χ3v) is 5.37. The first-order valence-electron chi connectivity index (χ1n) is 6.71. The third kappa shape index (κ3) is 2.96. The minimum atomic E-state index is 0.149. The van der Waals surface area contributed by atoms with E-state index < -0.39 is 0 Å². The maximum Gasteiger partial charge on any atom is 0.224 e. The van der Waals surface area contributed by atoms with Gasteiger partial charge in [0, 0.05) is 15.3 Å². The molecule has 1 N–H and O–H groups in total. The molecule has 1 aliphatic rings. The molecule has 1 aromatic heterocycles. The van der Waals surface area contributed by atoms with Gasteiger partial charge in [-0.1, -0.05) is 28.1 Å². The number of amides is 1. The van der Waals surface area contributed by atoms with Crippen LogP contribution in [0, 0.1) is 12.8 Å². The van der Waals surface area contributed by atoms with E-state index in [1.165, 1.54) is 16.0 Å². The Balaban J connectivity index is 1.55. The summed E-state index contributed by atoms with van der Waals surface area (Å²) in [5, 5.41) is 5.13. The van der Waals surface area contributed by atoms with E-state index in [9.17, 15) is 4.79 Å². The van der Waals surface area contributed by atoms with Crippen LogP contribution >= 0.6 is 27.3 Å². The predicted molar refractivity (Wildman–Crippen MR) is 85.9 cm³/mol. The maximum absolute atomic E-state index is 12.1. The van der Waals surface area contributed by atoms with Crippen molar-refractivity contribution in [2.24, 2.45) is 5.92 Å². The largest absolute Gasteiger partial charge is 0.351 e. The summed E-state index contributed by atoms with van der Waals surface area (Å²) in [5.41, 5.74) is 2.52. The molecule has 0 aliphatic heterocycles. The van der Waals surface area contributed by atoms with Crippen molar-refractivity contribution in [1.82, 2.24) is 5.32 Å². The van der Waals surface area contributed by atoms with Crippen LogP contribution in [0.15, 0.2) is 40.2 Å². The number of aryl methyl sites for hydroxylation is 1. The number of nitrogens with one attached hydrogen (secondary N) is 1. The SMILES string of the molecule is Cc1ccsc1CNC(=O)C1CC1c1ccc(Br)cc1. The van der Waals surface area contributed by atoms with Gasteiger partial charge in [-0.2, -0.15) is 0 Å². The molecule has 104 valence electrons. The first kappa shape index (κ1) is 13.8. The molecule has 1 saturated carbocycles. The lowest BCUT2D eigenvalue weighted by Crippen LogP contribution is -2.24. The second kappa shape index (κ2) is 5.70. The molecule has 3 rings (SSSR count). The van der Waals surface area contributed by atoms with Gasteiger partial charge in [0.2, 0.25) is 5.91 Å². The van der Waals surface area contributed by atoms with Gasteiger partial charge in [-0.3, -0.25) is 4.79 Å². The average molecular weight is 350 g/mol. The number of carbonyl (C=O) groups excluding carboxylic acids is 1. The molecule has 1 heterocycles. The lowest BCUT2D eigenvalue weighted by Gasteiger charge is -2.05. The zero-order chi connectivity index (χ0) is 14.1. The minimum Gasteiger partial charge on any atom is -0.351 e. The van der Waals surface area contributed by atoms with E-state index in [-0.39, 0.29) is 11.8 Å². The van der Waals surface area contributed by atoms with Gasteiger partial charge in [0.15, 0.2) is 0 Å². The van der Waals surface area contributed by atoms with Gasteiger partial charge in [0.25, 0.3) is 0 Å². The lowest BCUT2D eigenvalue weighted by molar-refractivity contribution is -0.122. The van der Waals surface area contributed by atoms with Crippen molar-refractivity contribution in [3.63, 3.8) is 0 Å². The molecule has 1 fully saturated rings. The van der Waals surface area contributed by atoms with Crippen molar-refractivity contribution in [3.8, 4) is 0 Å². The lowest BCUT2D eigenvalue weighted by atomic mass is 10.1. The molecule has 4 heteroatoms. The Morgan fingerprint density at radius 1 is 1.35 bits per heavy atom. The molecular weight excluding hydrogens is 334 g/mol. The molecule has 1 aromatic carbocycles. The molecule has 2 atom stereocenters. The summed E-state index contributed by atoms with van der Waals surface area (Å²) < 4.78 is 1.08. The van der Waals surface area contributed by atoms with Crippen molar-refractivity contribution in [2.75, 3.05) is 0 Å². The van der Waals surface area contributed by atoms with Gasteiger partial charge in [-0.25, -0.2) is 0 Å². The Labute approximate surface area is 131 Å². The summed E-state index contributed by atoms with van der Waals surface area (Å²) in [7, 11) is 0. The number of halogens is 1. The van der Waals surface area contributed by atoms with Crippen LogP contribution in [0.3, 0.4) is 0 Å². The van der Waals surface area contributed by atoms with Crippen LogP contribution in [0.1, 0.15) is 28.3 Å². The highest BCUT2D eigenvalue weighted by atomic mass is 79.9. The zero-order valence-corrected chi connectivity index (χ0v) is 13.6. The fourth-order valence-electron chi connectivity index (χ4n) is 2.45. The maximum atomic E-state index is 12.1. The van der Waals surface area contributed by atoms with Gasteiger partial charge in [0.1, 0.15) is 0 Å². The molecule has 20 heavy (non-hydrogen) atoms. The highest BCUT2D eigenvalue weighted by molar-refractivity contribution is 9.10. The van der Waals surface area contributed by atoms with Crippen LogP contribution < -0.4 is 5.32 Å². The molecule has 2 nitrogen and oxygen atoms in total. The van der Waals surface area contributed by atoms with Crippen LogP contribution in [0.2, 0.25) is 0 Å². The van der Waals surface area contributed by atoms with E-state index in [0.29, 0.717) is 12.5 Å². The van der Waals surface area contributed by atoms with Crippen LogP contribution in [-0.4, -0.2) is 5.91 Å². The summed E-state index contributed by atoms with van der Waals surface area (Å²) in [5.74, 6) is 0.731. The third-order valence-electron chi connectivity index (χ3n) is 3.82. The average Bonchev–Trinajstić information content (AvgIpc) is 3.14. The summed E-state index contributed by atoms with van der Waals surface area (Å²) in [6, 6.07) is 10.4.